The molecular weight excluding hydrogens is 327 g/mol. The first-order valence-electron chi connectivity index (χ1n) is 6.27. The largest absolute Gasteiger partial charge is 0.271 e. The molecule has 0 N–H and O–H groups in total. The number of fused-ring (bicyclic) bond motifs is 1. The van der Waals surface area contributed by atoms with Gasteiger partial charge in [0, 0.05) is 15.8 Å². The highest BCUT2D eigenvalue weighted by molar-refractivity contribution is 8.13. The van der Waals surface area contributed by atoms with Crippen molar-refractivity contribution < 1.29 is 4.79 Å². The summed E-state index contributed by atoms with van der Waals surface area (Å²) >= 11 is 13.6. The molecule has 0 saturated heterocycles. The molecule has 1 unspecified atom stereocenters. The molecule has 21 heavy (non-hydrogen) atoms. The van der Waals surface area contributed by atoms with Crippen molar-refractivity contribution in [3.05, 3.63) is 58.1 Å². The molecule has 1 amide bonds. The number of carbonyl (C=O) groups is 1. The lowest BCUT2D eigenvalue weighted by molar-refractivity contribution is -0.118. The summed E-state index contributed by atoms with van der Waals surface area (Å²) in [4.78, 5) is 20.4. The lowest BCUT2D eigenvalue weighted by atomic mass is 9.97. The van der Waals surface area contributed by atoms with Gasteiger partial charge in [-0.25, -0.2) is 4.99 Å². The van der Waals surface area contributed by atoms with Crippen molar-refractivity contribution >= 4 is 51.8 Å². The third kappa shape index (κ3) is 3.12. The van der Waals surface area contributed by atoms with E-state index in [-0.39, 0.29) is 11.8 Å². The minimum atomic E-state index is -0.344. The van der Waals surface area contributed by atoms with E-state index in [0.717, 1.165) is 11.3 Å². The summed E-state index contributed by atoms with van der Waals surface area (Å²) in [6.45, 7) is 0. The summed E-state index contributed by atoms with van der Waals surface area (Å²) in [7, 11) is 0. The average molecular weight is 337 g/mol. The Labute approximate surface area is 136 Å². The van der Waals surface area contributed by atoms with Crippen molar-refractivity contribution in [2.45, 2.75) is 5.75 Å². The van der Waals surface area contributed by atoms with E-state index in [2.05, 4.69) is 9.98 Å². The number of rotatable bonds is 2. The Morgan fingerprint density at radius 2 is 1.90 bits per heavy atom. The van der Waals surface area contributed by atoms with E-state index in [0.29, 0.717) is 21.0 Å². The van der Waals surface area contributed by atoms with Crippen LogP contribution in [0.15, 0.2) is 52.5 Å². The summed E-state index contributed by atoms with van der Waals surface area (Å²) in [6.07, 6.45) is 7.33. The van der Waals surface area contributed by atoms with Gasteiger partial charge in [-0.1, -0.05) is 59.3 Å². The normalized spacial score (nSPS) is 20.1. The van der Waals surface area contributed by atoms with E-state index in [1.54, 1.807) is 24.3 Å². The van der Waals surface area contributed by atoms with Crippen LogP contribution >= 0.6 is 35.0 Å². The maximum absolute atomic E-state index is 12.0. The maximum atomic E-state index is 12.0. The predicted octanol–water partition coefficient (Wildman–Crippen LogP) is 4.31. The highest BCUT2D eigenvalue weighted by atomic mass is 35.5. The molecule has 1 aliphatic heterocycles. The number of hydrogen-bond donors (Lipinski definition) is 0. The molecule has 106 valence electrons. The Bertz CT molecular complexity index is 702. The van der Waals surface area contributed by atoms with E-state index in [4.69, 9.17) is 23.2 Å². The molecule has 0 saturated carbocycles. The molecule has 0 bridgehead atoms. The number of benzene rings is 1. The van der Waals surface area contributed by atoms with Gasteiger partial charge in [0.15, 0.2) is 5.17 Å². The number of thioether (sulfide) groups is 1. The average Bonchev–Trinajstić information content (AvgIpc) is 2.47. The van der Waals surface area contributed by atoms with E-state index in [1.165, 1.54) is 11.8 Å². The van der Waals surface area contributed by atoms with Crippen LogP contribution in [-0.4, -0.2) is 16.8 Å². The number of aliphatic imine (C=N–C) groups is 2. The number of amides is 1. The third-order valence-corrected chi connectivity index (χ3v) is 4.69. The van der Waals surface area contributed by atoms with Crippen LogP contribution in [0.3, 0.4) is 0 Å². The van der Waals surface area contributed by atoms with Crippen LogP contribution in [-0.2, 0) is 10.5 Å². The summed E-state index contributed by atoms with van der Waals surface area (Å²) in [5, 5.41) is 1.65. The number of nitrogens with zero attached hydrogens (tertiary/aromatic N) is 2. The van der Waals surface area contributed by atoms with Gasteiger partial charge in [0.2, 0.25) is 0 Å². The van der Waals surface area contributed by atoms with Crippen molar-refractivity contribution in [2.75, 3.05) is 0 Å². The van der Waals surface area contributed by atoms with Gasteiger partial charge < -0.3 is 0 Å². The van der Waals surface area contributed by atoms with Crippen LogP contribution < -0.4 is 0 Å². The number of hydrogen-bond acceptors (Lipinski definition) is 3. The van der Waals surface area contributed by atoms with Crippen molar-refractivity contribution in [3.63, 3.8) is 0 Å². The van der Waals surface area contributed by atoms with Crippen LogP contribution in [0.4, 0.5) is 0 Å². The summed E-state index contributed by atoms with van der Waals surface area (Å²) in [6, 6.07) is 5.37. The fourth-order valence-electron chi connectivity index (χ4n) is 2.02. The molecule has 0 spiro atoms. The second kappa shape index (κ2) is 6.18. The molecule has 3 nitrogen and oxygen atoms in total. The van der Waals surface area contributed by atoms with Gasteiger partial charge in [-0.15, -0.1) is 0 Å². The van der Waals surface area contributed by atoms with Gasteiger partial charge in [0.25, 0.3) is 5.91 Å². The van der Waals surface area contributed by atoms with Crippen molar-refractivity contribution in [1.82, 2.24) is 0 Å². The standard InChI is InChI=1S/C15H10Cl2N2OS/c16-11-5-3-6-12(17)10(11)8-21-15-18-13-7-2-1-4-9(13)14(20)19-15/h1-7,9H,8H2. The molecular formula is C15H10Cl2N2OS. The van der Waals surface area contributed by atoms with Gasteiger partial charge in [-0.2, -0.15) is 4.99 Å². The van der Waals surface area contributed by atoms with Crippen LogP contribution in [0, 0.1) is 5.92 Å². The Hall–Kier alpha value is -1.36. The molecule has 0 radical (unpaired) electrons. The quantitative estimate of drug-likeness (QED) is 0.807. The molecule has 1 atom stereocenters. The van der Waals surface area contributed by atoms with Gasteiger partial charge in [-0.05, 0) is 23.8 Å². The second-order valence-corrected chi connectivity index (χ2v) is 6.24. The zero-order valence-electron chi connectivity index (χ0n) is 10.8. The van der Waals surface area contributed by atoms with Gasteiger partial charge in [0.1, 0.15) is 5.92 Å². The predicted molar refractivity (Wildman–Crippen MR) is 89.4 cm³/mol. The molecule has 3 rings (SSSR count). The van der Waals surface area contributed by atoms with Gasteiger partial charge in [-0.3, -0.25) is 4.79 Å². The van der Waals surface area contributed by atoms with E-state index >= 15 is 0 Å². The first-order chi connectivity index (χ1) is 10.1. The molecule has 6 heteroatoms. The molecule has 0 fully saturated rings. The molecule has 0 aromatic heterocycles. The molecule has 1 heterocycles. The Kier molecular flexibility index (Phi) is 4.29. The molecule has 1 aromatic rings. The Morgan fingerprint density at radius 3 is 2.67 bits per heavy atom. The first kappa shape index (κ1) is 14.6. The van der Waals surface area contributed by atoms with Crippen LogP contribution in [0.25, 0.3) is 0 Å². The maximum Gasteiger partial charge on any atom is 0.261 e. The SMILES string of the molecule is O=C1N=C(SCc2c(Cl)cccc2Cl)N=C2C=CC=CC12. The van der Waals surface area contributed by atoms with Crippen molar-refractivity contribution in [2.24, 2.45) is 15.9 Å². The molecule has 1 aromatic carbocycles. The second-order valence-electron chi connectivity index (χ2n) is 4.48. The number of carbonyl (C=O) groups excluding carboxylic acids is 1. The number of amidine groups is 1. The fraction of sp³-hybridized carbons (Fsp3) is 0.133. The first-order valence-corrected chi connectivity index (χ1v) is 8.01. The van der Waals surface area contributed by atoms with Crippen molar-refractivity contribution in [3.8, 4) is 0 Å². The smallest absolute Gasteiger partial charge is 0.261 e. The zero-order valence-corrected chi connectivity index (χ0v) is 13.1. The highest BCUT2D eigenvalue weighted by Gasteiger charge is 2.26. The topological polar surface area (TPSA) is 41.8 Å². The fourth-order valence-corrected chi connectivity index (χ4v) is 3.62. The van der Waals surface area contributed by atoms with Crippen molar-refractivity contribution in [1.29, 1.82) is 0 Å². The van der Waals surface area contributed by atoms with E-state index in [9.17, 15) is 4.79 Å². The summed E-state index contributed by atoms with van der Waals surface area (Å²) in [5.41, 5.74) is 1.55. The van der Waals surface area contributed by atoms with Gasteiger partial charge in [0.05, 0.1) is 5.71 Å². The Morgan fingerprint density at radius 1 is 1.14 bits per heavy atom. The summed E-state index contributed by atoms with van der Waals surface area (Å²) in [5.74, 6) is -0.0115. The molecule has 1 aliphatic carbocycles. The monoisotopic (exact) mass is 336 g/mol. The molecule has 2 aliphatic rings. The number of halogens is 2. The zero-order chi connectivity index (χ0) is 14.8. The van der Waals surface area contributed by atoms with Crippen LogP contribution in [0.2, 0.25) is 10.0 Å². The minimum absolute atomic E-state index is 0.187. The van der Waals surface area contributed by atoms with Crippen LogP contribution in [0.1, 0.15) is 5.56 Å². The lowest BCUT2D eigenvalue weighted by Crippen LogP contribution is -2.26. The minimum Gasteiger partial charge on any atom is -0.271 e. The number of allylic oxidation sites excluding steroid dienone is 3. The summed E-state index contributed by atoms with van der Waals surface area (Å²) < 4.78 is 0. The van der Waals surface area contributed by atoms with E-state index < -0.39 is 0 Å². The van der Waals surface area contributed by atoms with Crippen LogP contribution in [0.5, 0.6) is 0 Å². The Balaban J connectivity index is 1.77. The highest BCUT2D eigenvalue weighted by Crippen LogP contribution is 2.30. The van der Waals surface area contributed by atoms with E-state index in [1.807, 2.05) is 18.2 Å². The van der Waals surface area contributed by atoms with Gasteiger partial charge >= 0.3 is 0 Å². The lowest BCUT2D eigenvalue weighted by Gasteiger charge is -2.17. The third-order valence-electron chi connectivity index (χ3n) is 3.10.